The van der Waals surface area contributed by atoms with E-state index in [2.05, 4.69) is 27.5 Å². The Morgan fingerprint density at radius 3 is 2.75 bits per heavy atom. The topological polar surface area (TPSA) is 38.9 Å². The molecule has 0 saturated carbocycles. The van der Waals surface area contributed by atoms with Crippen LogP contribution in [0.5, 0.6) is 0 Å². The lowest BCUT2D eigenvalue weighted by molar-refractivity contribution is 0.902. The van der Waals surface area contributed by atoms with Crippen LogP contribution in [-0.2, 0) is 0 Å². The fourth-order valence-corrected chi connectivity index (χ4v) is 1.13. The van der Waals surface area contributed by atoms with E-state index in [0.29, 0.717) is 0 Å². The van der Waals surface area contributed by atoms with Gasteiger partial charge in [-0.3, -0.25) is 4.98 Å². The van der Waals surface area contributed by atoms with Gasteiger partial charge in [0.15, 0.2) is 0 Å². The van der Waals surface area contributed by atoms with Crippen molar-refractivity contribution in [2.75, 3.05) is 0 Å². The monoisotopic (exact) mass is 248 g/mol. The molecule has 1 heterocycles. The highest BCUT2D eigenvalue weighted by atomic mass is 79.9. The summed E-state index contributed by atoms with van der Waals surface area (Å²) in [7, 11) is 0. The number of pyridine rings is 1. The number of halogens is 2. The van der Waals surface area contributed by atoms with Crippen molar-refractivity contribution >= 4 is 28.3 Å². The summed E-state index contributed by atoms with van der Waals surface area (Å²) in [6.07, 6.45) is 5.14. The van der Waals surface area contributed by atoms with Crippen molar-refractivity contribution in [1.29, 1.82) is 0 Å². The normalized spacial score (nSPS) is 11.5. The Hall–Kier alpha value is -0.380. The average molecular weight is 250 g/mol. The van der Waals surface area contributed by atoms with Gasteiger partial charge < -0.3 is 5.73 Å². The fraction of sp³-hybridized carbons (Fsp3) is 0.125. The molecule has 0 spiro atoms. The molecule has 2 nitrogen and oxygen atoms in total. The molecule has 1 atom stereocenters. The van der Waals surface area contributed by atoms with E-state index in [9.17, 15) is 0 Å². The van der Waals surface area contributed by atoms with Crippen molar-refractivity contribution in [3.63, 3.8) is 0 Å². The summed E-state index contributed by atoms with van der Waals surface area (Å²) in [6.45, 7) is 3.60. The number of hydrogen-bond donors (Lipinski definition) is 1. The maximum Gasteiger partial charge on any atom is 0.0494 e. The van der Waals surface area contributed by atoms with Gasteiger partial charge in [-0.15, -0.1) is 19.0 Å². The van der Waals surface area contributed by atoms with Crippen molar-refractivity contribution in [3.05, 3.63) is 41.2 Å². The first-order chi connectivity index (χ1) is 5.24. The molecular formula is C8H10BrClN2. The van der Waals surface area contributed by atoms with Crippen LogP contribution in [0.1, 0.15) is 11.6 Å². The average Bonchev–Trinajstić information content (AvgIpc) is 2.03. The van der Waals surface area contributed by atoms with Gasteiger partial charge in [-0.2, -0.15) is 0 Å². The highest BCUT2D eigenvalue weighted by Crippen LogP contribution is 2.14. The van der Waals surface area contributed by atoms with Crippen LogP contribution in [0, 0.1) is 0 Å². The number of hydrogen-bond acceptors (Lipinski definition) is 2. The standard InChI is InChI=1S/C8H9BrN2.ClH/c1-2-8(10)6-3-7(9)5-11-4-6;/h2-5,8H,1,10H2;1H/t8-;/m1./s1. The molecule has 0 unspecified atom stereocenters. The van der Waals surface area contributed by atoms with Crippen LogP contribution in [0.2, 0.25) is 0 Å². The molecule has 0 aliphatic heterocycles. The molecule has 0 saturated heterocycles. The lowest BCUT2D eigenvalue weighted by Gasteiger charge is -2.04. The van der Waals surface area contributed by atoms with E-state index in [4.69, 9.17) is 5.73 Å². The Morgan fingerprint density at radius 1 is 1.58 bits per heavy atom. The predicted octanol–water partition coefficient (Wildman–Crippen LogP) is 2.45. The van der Waals surface area contributed by atoms with Crippen molar-refractivity contribution in [2.45, 2.75) is 6.04 Å². The zero-order chi connectivity index (χ0) is 8.27. The van der Waals surface area contributed by atoms with Gasteiger partial charge in [0.25, 0.3) is 0 Å². The van der Waals surface area contributed by atoms with Crippen LogP contribution in [0.4, 0.5) is 0 Å². The second-order valence-corrected chi connectivity index (χ2v) is 3.11. The van der Waals surface area contributed by atoms with Crippen molar-refractivity contribution in [3.8, 4) is 0 Å². The first-order valence-corrected chi connectivity index (χ1v) is 4.02. The Bertz CT molecular complexity index is 265. The summed E-state index contributed by atoms with van der Waals surface area (Å²) in [5.41, 5.74) is 6.65. The van der Waals surface area contributed by atoms with Crippen LogP contribution in [0.15, 0.2) is 35.6 Å². The highest BCUT2D eigenvalue weighted by molar-refractivity contribution is 9.10. The van der Waals surface area contributed by atoms with E-state index >= 15 is 0 Å². The first kappa shape index (κ1) is 11.6. The third-order valence-electron chi connectivity index (χ3n) is 1.36. The number of aromatic nitrogens is 1. The molecule has 1 aromatic rings. The molecule has 4 heteroatoms. The lowest BCUT2D eigenvalue weighted by atomic mass is 10.1. The second-order valence-electron chi connectivity index (χ2n) is 2.20. The molecule has 12 heavy (non-hydrogen) atoms. The van der Waals surface area contributed by atoms with Crippen LogP contribution < -0.4 is 5.73 Å². The van der Waals surface area contributed by atoms with E-state index in [1.165, 1.54) is 0 Å². The molecule has 0 aliphatic rings. The largest absolute Gasteiger partial charge is 0.321 e. The smallest absolute Gasteiger partial charge is 0.0494 e. The Balaban J connectivity index is 0.00000121. The molecular weight excluding hydrogens is 239 g/mol. The van der Waals surface area contributed by atoms with E-state index < -0.39 is 0 Å². The molecule has 0 bridgehead atoms. The number of rotatable bonds is 2. The Kier molecular flexibility index (Phi) is 5.13. The van der Waals surface area contributed by atoms with Gasteiger partial charge in [0, 0.05) is 22.9 Å². The van der Waals surface area contributed by atoms with E-state index in [1.807, 2.05) is 6.07 Å². The van der Waals surface area contributed by atoms with Crippen molar-refractivity contribution in [1.82, 2.24) is 4.98 Å². The zero-order valence-corrected chi connectivity index (χ0v) is 8.81. The highest BCUT2D eigenvalue weighted by Gasteiger charge is 2.00. The van der Waals surface area contributed by atoms with Crippen LogP contribution in [0.3, 0.4) is 0 Å². The van der Waals surface area contributed by atoms with Crippen LogP contribution in [0.25, 0.3) is 0 Å². The Labute approximate surface area is 86.4 Å². The third kappa shape index (κ3) is 2.93. The van der Waals surface area contributed by atoms with Crippen LogP contribution in [-0.4, -0.2) is 4.98 Å². The minimum Gasteiger partial charge on any atom is -0.321 e. The number of nitrogens with zero attached hydrogens (tertiary/aromatic N) is 1. The minimum atomic E-state index is -0.125. The maximum atomic E-state index is 5.68. The Morgan fingerprint density at radius 2 is 2.25 bits per heavy atom. The SMILES string of the molecule is C=C[C@@H](N)c1cncc(Br)c1.Cl. The molecule has 0 aromatic carbocycles. The lowest BCUT2D eigenvalue weighted by Crippen LogP contribution is -2.06. The van der Waals surface area contributed by atoms with E-state index in [-0.39, 0.29) is 18.4 Å². The quantitative estimate of drug-likeness (QED) is 0.818. The molecule has 0 amide bonds. The molecule has 1 aromatic heterocycles. The van der Waals surface area contributed by atoms with E-state index in [0.717, 1.165) is 10.0 Å². The zero-order valence-electron chi connectivity index (χ0n) is 6.40. The molecule has 66 valence electrons. The van der Waals surface area contributed by atoms with Gasteiger partial charge in [-0.05, 0) is 27.6 Å². The summed E-state index contributed by atoms with van der Waals surface area (Å²) >= 11 is 3.31. The summed E-state index contributed by atoms with van der Waals surface area (Å²) in [5, 5.41) is 0. The second kappa shape index (κ2) is 5.30. The summed E-state index contributed by atoms with van der Waals surface area (Å²) in [4.78, 5) is 3.98. The van der Waals surface area contributed by atoms with Gasteiger partial charge in [0.2, 0.25) is 0 Å². The van der Waals surface area contributed by atoms with Crippen molar-refractivity contribution in [2.24, 2.45) is 5.73 Å². The van der Waals surface area contributed by atoms with Gasteiger partial charge in [-0.1, -0.05) is 6.08 Å². The summed E-state index contributed by atoms with van der Waals surface area (Å²) < 4.78 is 0.937. The maximum absolute atomic E-state index is 5.68. The molecule has 0 fully saturated rings. The van der Waals surface area contributed by atoms with Crippen LogP contribution >= 0.6 is 28.3 Å². The molecule has 0 aliphatic carbocycles. The minimum absolute atomic E-state index is 0. The van der Waals surface area contributed by atoms with Gasteiger partial charge in [-0.25, -0.2) is 0 Å². The van der Waals surface area contributed by atoms with Gasteiger partial charge in [0.1, 0.15) is 0 Å². The summed E-state index contributed by atoms with van der Waals surface area (Å²) in [5.74, 6) is 0. The van der Waals surface area contributed by atoms with Crippen molar-refractivity contribution < 1.29 is 0 Å². The number of nitrogens with two attached hydrogens (primary N) is 1. The molecule has 1 rings (SSSR count). The third-order valence-corrected chi connectivity index (χ3v) is 1.80. The molecule has 2 N–H and O–H groups in total. The van der Waals surface area contributed by atoms with Gasteiger partial charge in [0.05, 0.1) is 0 Å². The first-order valence-electron chi connectivity index (χ1n) is 3.22. The molecule has 0 radical (unpaired) electrons. The predicted molar refractivity (Wildman–Crippen MR) is 56.3 cm³/mol. The van der Waals surface area contributed by atoms with Gasteiger partial charge >= 0.3 is 0 Å². The van der Waals surface area contributed by atoms with E-state index in [1.54, 1.807) is 18.5 Å². The fourth-order valence-electron chi connectivity index (χ4n) is 0.747. The summed E-state index contributed by atoms with van der Waals surface area (Å²) in [6, 6.07) is 1.80.